The molecule has 0 saturated carbocycles. The SMILES string of the molecule is CC(CN)Nc1ncc([N+](=O)[O-])cc1Br. The van der Waals surface area contributed by atoms with E-state index < -0.39 is 4.92 Å². The van der Waals surface area contributed by atoms with Crippen LogP contribution in [0.3, 0.4) is 0 Å². The predicted molar refractivity (Wildman–Crippen MR) is 60.7 cm³/mol. The average Bonchev–Trinajstić information content (AvgIpc) is 2.20. The summed E-state index contributed by atoms with van der Waals surface area (Å²) in [5.74, 6) is 0.554. The number of aromatic nitrogens is 1. The highest BCUT2D eigenvalue weighted by Gasteiger charge is 2.11. The fraction of sp³-hybridized carbons (Fsp3) is 0.375. The van der Waals surface area contributed by atoms with Crippen molar-refractivity contribution in [2.45, 2.75) is 13.0 Å². The molecule has 3 N–H and O–H groups in total. The topological polar surface area (TPSA) is 94.1 Å². The van der Waals surface area contributed by atoms with Crippen molar-refractivity contribution in [1.82, 2.24) is 4.98 Å². The smallest absolute Gasteiger partial charge is 0.288 e. The zero-order chi connectivity index (χ0) is 11.4. The van der Waals surface area contributed by atoms with Crippen LogP contribution in [-0.2, 0) is 0 Å². The monoisotopic (exact) mass is 274 g/mol. The van der Waals surface area contributed by atoms with E-state index >= 15 is 0 Å². The second-order valence-corrected chi connectivity index (χ2v) is 3.92. The summed E-state index contributed by atoms with van der Waals surface area (Å²) in [5.41, 5.74) is 5.39. The first-order valence-corrected chi connectivity index (χ1v) is 5.10. The summed E-state index contributed by atoms with van der Waals surface area (Å²) >= 11 is 3.20. The van der Waals surface area contributed by atoms with Gasteiger partial charge in [0, 0.05) is 18.7 Å². The van der Waals surface area contributed by atoms with Gasteiger partial charge in [-0.25, -0.2) is 4.98 Å². The number of rotatable bonds is 4. The van der Waals surface area contributed by atoms with Gasteiger partial charge in [0.1, 0.15) is 12.0 Å². The molecular weight excluding hydrogens is 264 g/mol. The molecule has 0 amide bonds. The number of nitrogens with two attached hydrogens (primary N) is 1. The van der Waals surface area contributed by atoms with E-state index in [1.165, 1.54) is 12.3 Å². The van der Waals surface area contributed by atoms with Crippen molar-refractivity contribution in [3.05, 3.63) is 26.9 Å². The van der Waals surface area contributed by atoms with E-state index in [4.69, 9.17) is 5.73 Å². The van der Waals surface area contributed by atoms with Crippen LogP contribution in [0.5, 0.6) is 0 Å². The highest BCUT2D eigenvalue weighted by molar-refractivity contribution is 9.10. The van der Waals surface area contributed by atoms with Crippen molar-refractivity contribution in [2.24, 2.45) is 5.73 Å². The molecule has 1 unspecified atom stereocenters. The van der Waals surface area contributed by atoms with Gasteiger partial charge < -0.3 is 11.1 Å². The minimum absolute atomic E-state index is 0.0483. The lowest BCUT2D eigenvalue weighted by Gasteiger charge is -2.12. The Morgan fingerprint density at radius 2 is 2.47 bits per heavy atom. The van der Waals surface area contributed by atoms with Crippen molar-refractivity contribution in [2.75, 3.05) is 11.9 Å². The molecule has 82 valence electrons. The summed E-state index contributed by atoms with van der Waals surface area (Å²) in [4.78, 5) is 13.9. The second kappa shape index (κ2) is 5.04. The Kier molecular flexibility index (Phi) is 3.98. The molecule has 6 nitrogen and oxygen atoms in total. The van der Waals surface area contributed by atoms with E-state index in [2.05, 4.69) is 26.2 Å². The van der Waals surface area contributed by atoms with Crippen LogP contribution < -0.4 is 11.1 Å². The fourth-order valence-electron chi connectivity index (χ4n) is 0.926. The molecule has 1 aromatic rings. The third-order valence-corrected chi connectivity index (χ3v) is 2.38. The Labute approximate surface area is 95.2 Å². The molecule has 7 heteroatoms. The molecule has 1 rings (SSSR count). The molecule has 0 aliphatic heterocycles. The van der Waals surface area contributed by atoms with Gasteiger partial charge in [0.25, 0.3) is 5.69 Å². The van der Waals surface area contributed by atoms with Gasteiger partial charge >= 0.3 is 0 Å². The molecule has 0 radical (unpaired) electrons. The van der Waals surface area contributed by atoms with E-state index in [1.807, 2.05) is 6.92 Å². The van der Waals surface area contributed by atoms with Gasteiger partial charge in [0.05, 0.1) is 9.40 Å². The molecule has 1 heterocycles. The third-order valence-electron chi connectivity index (χ3n) is 1.77. The van der Waals surface area contributed by atoms with Crippen LogP contribution in [0.25, 0.3) is 0 Å². The third kappa shape index (κ3) is 3.14. The van der Waals surface area contributed by atoms with Crippen LogP contribution in [0.15, 0.2) is 16.7 Å². The number of nitrogens with one attached hydrogen (secondary N) is 1. The Balaban J connectivity index is 2.88. The summed E-state index contributed by atoms with van der Waals surface area (Å²) in [6.07, 6.45) is 1.20. The number of hydrogen-bond acceptors (Lipinski definition) is 5. The molecule has 0 aliphatic carbocycles. The summed E-state index contributed by atoms with van der Waals surface area (Å²) in [5, 5.41) is 13.5. The zero-order valence-electron chi connectivity index (χ0n) is 8.11. The predicted octanol–water partition coefficient (Wildman–Crippen LogP) is 1.51. The van der Waals surface area contributed by atoms with Crippen LogP contribution in [0.4, 0.5) is 11.5 Å². The number of nitro groups is 1. The minimum Gasteiger partial charge on any atom is -0.365 e. The van der Waals surface area contributed by atoms with Crippen molar-refractivity contribution in [3.8, 4) is 0 Å². The van der Waals surface area contributed by atoms with Crippen molar-refractivity contribution in [3.63, 3.8) is 0 Å². The standard InChI is InChI=1S/C8H11BrN4O2/c1-5(3-10)12-8-7(9)2-6(4-11-8)13(14)15/h2,4-5H,3,10H2,1H3,(H,11,12). The fourth-order valence-corrected chi connectivity index (χ4v) is 1.38. The van der Waals surface area contributed by atoms with E-state index in [9.17, 15) is 10.1 Å². The van der Waals surface area contributed by atoms with Crippen molar-refractivity contribution >= 4 is 27.4 Å². The van der Waals surface area contributed by atoms with Gasteiger partial charge in [-0.15, -0.1) is 0 Å². The van der Waals surface area contributed by atoms with Gasteiger partial charge in [0.15, 0.2) is 0 Å². The number of nitrogens with zero attached hydrogens (tertiary/aromatic N) is 2. The summed E-state index contributed by atoms with van der Waals surface area (Å²) in [6, 6.07) is 1.47. The van der Waals surface area contributed by atoms with Gasteiger partial charge in [-0.1, -0.05) is 0 Å². The number of pyridine rings is 1. The highest BCUT2D eigenvalue weighted by Crippen LogP contribution is 2.24. The maximum Gasteiger partial charge on any atom is 0.288 e. The molecule has 15 heavy (non-hydrogen) atoms. The molecule has 0 saturated heterocycles. The summed E-state index contributed by atoms with van der Waals surface area (Å²) < 4.78 is 0.553. The van der Waals surface area contributed by atoms with E-state index in [0.29, 0.717) is 16.8 Å². The van der Waals surface area contributed by atoms with Crippen LogP contribution in [0, 0.1) is 10.1 Å². The molecule has 0 aliphatic rings. The van der Waals surface area contributed by atoms with E-state index in [1.54, 1.807) is 0 Å². The van der Waals surface area contributed by atoms with Gasteiger partial charge in [-0.3, -0.25) is 10.1 Å². The number of halogens is 1. The maximum atomic E-state index is 10.4. The molecule has 1 aromatic heterocycles. The first kappa shape index (κ1) is 11.9. The average molecular weight is 275 g/mol. The summed E-state index contributed by atoms with van der Waals surface area (Å²) in [6.45, 7) is 2.36. The molecule has 1 atom stereocenters. The van der Waals surface area contributed by atoms with Crippen molar-refractivity contribution in [1.29, 1.82) is 0 Å². The Morgan fingerprint density at radius 1 is 1.80 bits per heavy atom. The van der Waals surface area contributed by atoms with E-state index in [-0.39, 0.29) is 11.7 Å². The highest BCUT2D eigenvalue weighted by atomic mass is 79.9. The Morgan fingerprint density at radius 3 is 2.93 bits per heavy atom. The first-order chi connectivity index (χ1) is 7.04. The normalized spacial score (nSPS) is 12.2. The largest absolute Gasteiger partial charge is 0.365 e. The molecule has 0 bridgehead atoms. The van der Waals surface area contributed by atoms with Crippen molar-refractivity contribution < 1.29 is 4.92 Å². The van der Waals surface area contributed by atoms with E-state index in [0.717, 1.165) is 0 Å². The minimum atomic E-state index is -0.492. The number of anilines is 1. The first-order valence-electron chi connectivity index (χ1n) is 4.31. The Hall–Kier alpha value is -1.21. The quantitative estimate of drug-likeness (QED) is 0.641. The van der Waals surface area contributed by atoms with Crippen LogP contribution in [0.2, 0.25) is 0 Å². The second-order valence-electron chi connectivity index (χ2n) is 3.06. The lowest BCUT2D eigenvalue weighted by Crippen LogP contribution is -2.25. The maximum absolute atomic E-state index is 10.4. The Bertz CT molecular complexity index is 372. The molecule has 0 spiro atoms. The summed E-state index contributed by atoms with van der Waals surface area (Å²) in [7, 11) is 0. The van der Waals surface area contributed by atoms with Crippen LogP contribution in [-0.4, -0.2) is 22.5 Å². The molecular formula is C8H11BrN4O2. The lowest BCUT2D eigenvalue weighted by atomic mass is 10.3. The van der Waals surface area contributed by atoms with Gasteiger partial charge in [-0.2, -0.15) is 0 Å². The van der Waals surface area contributed by atoms with Crippen LogP contribution >= 0.6 is 15.9 Å². The molecule has 0 aromatic carbocycles. The lowest BCUT2D eigenvalue weighted by molar-refractivity contribution is -0.385. The van der Waals surface area contributed by atoms with Gasteiger partial charge in [0.2, 0.25) is 0 Å². The molecule has 0 fully saturated rings. The van der Waals surface area contributed by atoms with Crippen LogP contribution in [0.1, 0.15) is 6.92 Å². The van der Waals surface area contributed by atoms with Gasteiger partial charge in [-0.05, 0) is 22.9 Å². The zero-order valence-corrected chi connectivity index (χ0v) is 9.69. The number of hydrogen-bond donors (Lipinski definition) is 2.